The molecule has 41 heavy (non-hydrogen) atoms. The summed E-state index contributed by atoms with van der Waals surface area (Å²) in [7, 11) is 0. The quantitative estimate of drug-likeness (QED) is 0.0762. The first kappa shape index (κ1) is 40.0. The molecule has 0 atom stereocenters. The van der Waals surface area contributed by atoms with Crippen molar-refractivity contribution in [2.24, 2.45) is 0 Å². The maximum Gasteiger partial charge on any atom is 0.302 e. The molecule has 0 bridgehead atoms. The van der Waals surface area contributed by atoms with Gasteiger partial charge in [-0.25, -0.2) is 0 Å². The largest absolute Gasteiger partial charge is 0.463 e. The highest BCUT2D eigenvalue weighted by molar-refractivity contribution is 5.65. The Kier molecular flexibility index (Phi) is 36.2. The molecule has 0 saturated carbocycles. The highest BCUT2D eigenvalue weighted by Gasteiger charge is 1.97. The van der Waals surface area contributed by atoms with Crippen LogP contribution in [-0.4, -0.2) is 158 Å². The first-order chi connectivity index (χ1) is 20.3. The van der Waals surface area contributed by atoms with E-state index >= 15 is 0 Å². The molecule has 0 heterocycles. The SMILES string of the molecule is CCCCOCCOCCOCCOCCOCCOCCOCCOCCOCCOCCOCCOC(C)=O. The summed E-state index contributed by atoms with van der Waals surface area (Å²) in [6, 6.07) is 0. The Labute approximate surface area is 246 Å². The molecule has 0 aliphatic heterocycles. The Hall–Kier alpha value is -0.970. The second-order valence-electron chi connectivity index (χ2n) is 8.43. The van der Waals surface area contributed by atoms with Crippen molar-refractivity contribution < 1.29 is 61.6 Å². The highest BCUT2D eigenvalue weighted by Crippen LogP contribution is 1.89. The molecule has 0 fully saturated rings. The Balaban J connectivity index is 3.03. The van der Waals surface area contributed by atoms with Crippen LogP contribution in [-0.2, 0) is 61.6 Å². The summed E-state index contributed by atoms with van der Waals surface area (Å²) in [5, 5.41) is 0. The Morgan fingerprint density at radius 2 is 0.537 bits per heavy atom. The van der Waals surface area contributed by atoms with Crippen molar-refractivity contribution in [2.45, 2.75) is 26.7 Å². The van der Waals surface area contributed by atoms with Crippen molar-refractivity contribution in [3.05, 3.63) is 0 Å². The fourth-order valence-corrected chi connectivity index (χ4v) is 2.79. The van der Waals surface area contributed by atoms with Crippen LogP contribution in [0.1, 0.15) is 26.7 Å². The van der Waals surface area contributed by atoms with E-state index in [0.717, 1.165) is 19.4 Å². The third kappa shape index (κ3) is 39.0. The van der Waals surface area contributed by atoms with E-state index < -0.39 is 0 Å². The van der Waals surface area contributed by atoms with Gasteiger partial charge in [0.1, 0.15) is 6.61 Å². The molecule has 13 nitrogen and oxygen atoms in total. The van der Waals surface area contributed by atoms with Crippen molar-refractivity contribution in [1.82, 2.24) is 0 Å². The van der Waals surface area contributed by atoms with Gasteiger partial charge < -0.3 is 56.8 Å². The van der Waals surface area contributed by atoms with Gasteiger partial charge in [-0.05, 0) is 6.42 Å². The Morgan fingerprint density at radius 3 is 0.732 bits per heavy atom. The first-order valence-electron chi connectivity index (χ1n) is 14.8. The monoisotopic (exact) mass is 600 g/mol. The zero-order chi connectivity index (χ0) is 29.7. The number of rotatable bonds is 36. The summed E-state index contributed by atoms with van der Waals surface area (Å²) in [4.78, 5) is 10.6. The van der Waals surface area contributed by atoms with Gasteiger partial charge in [-0.3, -0.25) is 4.79 Å². The maximum atomic E-state index is 10.6. The highest BCUT2D eigenvalue weighted by atomic mass is 16.6. The van der Waals surface area contributed by atoms with Crippen LogP contribution in [0, 0.1) is 0 Å². The lowest BCUT2D eigenvalue weighted by Crippen LogP contribution is -2.15. The van der Waals surface area contributed by atoms with Crippen LogP contribution >= 0.6 is 0 Å². The molecule has 0 spiro atoms. The molecule has 0 unspecified atom stereocenters. The van der Waals surface area contributed by atoms with Gasteiger partial charge in [0.15, 0.2) is 0 Å². The van der Waals surface area contributed by atoms with Gasteiger partial charge in [0, 0.05) is 13.5 Å². The van der Waals surface area contributed by atoms with Gasteiger partial charge in [0.25, 0.3) is 0 Å². The fraction of sp³-hybridized carbons (Fsp3) is 0.964. The minimum absolute atomic E-state index is 0.260. The van der Waals surface area contributed by atoms with Gasteiger partial charge in [-0.1, -0.05) is 13.3 Å². The number of esters is 1. The molecule has 246 valence electrons. The zero-order valence-corrected chi connectivity index (χ0v) is 25.5. The molecule has 0 N–H and O–H groups in total. The predicted molar refractivity (Wildman–Crippen MR) is 151 cm³/mol. The number of hydrogen-bond acceptors (Lipinski definition) is 13. The second kappa shape index (κ2) is 37.1. The lowest BCUT2D eigenvalue weighted by atomic mass is 10.4. The Morgan fingerprint density at radius 1 is 0.341 bits per heavy atom. The van der Waals surface area contributed by atoms with Crippen molar-refractivity contribution in [3.63, 3.8) is 0 Å². The average molecular weight is 601 g/mol. The van der Waals surface area contributed by atoms with Gasteiger partial charge in [-0.15, -0.1) is 0 Å². The van der Waals surface area contributed by atoms with Crippen LogP contribution < -0.4 is 0 Å². The smallest absolute Gasteiger partial charge is 0.302 e. The zero-order valence-electron chi connectivity index (χ0n) is 25.5. The molecule has 0 aliphatic carbocycles. The molecule has 0 aromatic carbocycles. The molecule has 13 heteroatoms. The van der Waals surface area contributed by atoms with Crippen LogP contribution in [0.4, 0.5) is 0 Å². The number of carbonyl (C=O) groups is 1. The normalized spacial score (nSPS) is 11.4. The number of unbranched alkanes of at least 4 members (excludes halogenated alkanes) is 1. The summed E-state index contributed by atoms with van der Waals surface area (Å²) in [5.41, 5.74) is 0. The van der Waals surface area contributed by atoms with E-state index in [1.54, 1.807) is 0 Å². The van der Waals surface area contributed by atoms with Gasteiger partial charge in [0.2, 0.25) is 0 Å². The van der Waals surface area contributed by atoms with Crippen LogP contribution in [0.5, 0.6) is 0 Å². The standard InChI is InChI=1S/C28H56O13/c1-3-4-5-30-6-7-31-8-9-32-10-11-33-12-13-34-14-15-35-16-17-36-18-19-37-20-21-38-22-23-39-24-25-40-26-27-41-28(2)29/h3-27H2,1-2H3. The van der Waals surface area contributed by atoms with Gasteiger partial charge in [0.05, 0.1) is 139 Å². The number of ether oxygens (including phenoxy) is 12. The number of hydrogen-bond donors (Lipinski definition) is 0. The van der Waals surface area contributed by atoms with E-state index in [-0.39, 0.29) is 12.6 Å². The van der Waals surface area contributed by atoms with E-state index in [9.17, 15) is 4.79 Å². The molecule has 0 saturated heterocycles. The minimum Gasteiger partial charge on any atom is -0.463 e. The molecule has 0 radical (unpaired) electrons. The van der Waals surface area contributed by atoms with Crippen molar-refractivity contribution in [2.75, 3.05) is 152 Å². The third-order valence-corrected chi connectivity index (χ3v) is 4.90. The molecular formula is C28H56O13. The van der Waals surface area contributed by atoms with E-state index in [1.807, 2.05) is 0 Å². The minimum atomic E-state index is -0.310. The summed E-state index contributed by atoms with van der Waals surface area (Å²) in [6.45, 7) is 15.3. The summed E-state index contributed by atoms with van der Waals surface area (Å²) < 4.78 is 64.4. The van der Waals surface area contributed by atoms with E-state index in [1.165, 1.54) is 6.92 Å². The van der Waals surface area contributed by atoms with E-state index in [0.29, 0.717) is 139 Å². The third-order valence-electron chi connectivity index (χ3n) is 4.90. The van der Waals surface area contributed by atoms with E-state index in [4.69, 9.17) is 56.8 Å². The lowest BCUT2D eigenvalue weighted by molar-refractivity contribution is -0.142. The summed E-state index contributed by atoms with van der Waals surface area (Å²) in [5.74, 6) is -0.310. The summed E-state index contributed by atoms with van der Waals surface area (Å²) >= 11 is 0. The predicted octanol–water partition coefficient (Wildman–Crippen LogP) is 1.53. The molecule has 0 aromatic rings. The topological polar surface area (TPSA) is 128 Å². The maximum absolute atomic E-state index is 10.6. The molecular weight excluding hydrogens is 544 g/mol. The van der Waals surface area contributed by atoms with Crippen molar-refractivity contribution in [1.29, 1.82) is 0 Å². The van der Waals surface area contributed by atoms with Crippen molar-refractivity contribution >= 4 is 5.97 Å². The van der Waals surface area contributed by atoms with Crippen LogP contribution in [0.2, 0.25) is 0 Å². The second-order valence-corrected chi connectivity index (χ2v) is 8.43. The number of carbonyl (C=O) groups excluding carboxylic acids is 1. The first-order valence-corrected chi connectivity index (χ1v) is 14.8. The van der Waals surface area contributed by atoms with Gasteiger partial charge >= 0.3 is 5.97 Å². The molecule has 0 rings (SSSR count). The Bertz CT molecular complexity index is 500. The lowest BCUT2D eigenvalue weighted by Gasteiger charge is -2.09. The molecule has 0 amide bonds. The van der Waals surface area contributed by atoms with Crippen molar-refractivity contribution in [3.8, 4) is 0 Å². The fourth-order valence-electron chi connectivity index (χ4n) is 2.79. The summed E-state index contributed by atoms with van der Waals surface area (Å²) in [6.07, 6.45) is 2.24. The molecule has 0 aliphatic rings. The van der Waals surface area contributed by atoms with E-state index in [2.05, 4.69) is 6.92 Å². The van der Waals surface area contributed by atoms with Crippen LogP contribution in [0.25, 0.3) is 0 Å². The van der Waals surface area contributed by atoms with Crippen LogP contribution in [0.3, 0.4) is 0 Å². The average Bonchev–Trinajstić information content (AvgIpc) is 2.97. The van der Waals surface area contributed by atoms with Crippen LogP contribution in [0.15, 0.2) is 0 Å². The molecule has 0 aromatic heterocycles. The van der Waals surface area contributed by atoms with Gasteiger partial charge in [-0.2, -0.15) is 0 Å².